The summed E-state index contributed by atoms with van der Waals surface area (Å²) < 4.78 is 20.6. The number of benzene rings is 2. The van der Waals surface area contributed by atoms with E-state index in [9.17, 15) is 14.4 Å². The van der Waals surface area contributed by atoms with Gasteiger partial charge >= 0.3 is 18.2 Å². The average molecular weight is 550 g/mol. The highest BCUT2D eigenvalue weighted by Gasteiger charge is 2.39. The molecule has 0 N–H and O–H groups in total. The monoisotopic (exact) mass is 549 g/mol. The third-order valence-electron chi connectivity index (χ3n) is 8.42. The molecule has 2 aromatic carbocycles. The van der Waals surface area contributed by atoms with E-state index in [0.717, 1.165) is 37.9 Å². The fraction of sp³-hybridized carbons (Fsp3) is 0.531. The van der Waals surface area contributed by atoms with E-state index in [-0.39, 0.29) is 5.56 Å². The number of cyclic esters (lactones) is 2. The standard InChI is InChI=1S/C32H39NO7/c1-37-28-21-26(29(34)32-39-30(35)31(36)40-32)12-13-27(28)38-19-5-16-33-17-14-23(15-18-33)20-22-8-10-25(11-9-22)24-6-3-2-4-7-24/h8-13,21,23-24,32H,2-7,14-20H2,1H3. The summed E-state index contributed by atoms with van der Waals surface area (Å²) in [5.41, 5.74) is 3.20. The Kier molecular flexibility index (Phi) is 9.37. The van der Waals surface area contributed by atoms with Gasteiger partial charge in [0.1, 0.15) is 0 Å². The van der Waals surface area contributed by atoms with Crippen molar-refractivity contribution in [3.8, 4) is 11.5 Å². The van der Waals surface area contributed by atoms with Gasteiger partial charge in [0.2, 0.25) is 5.78 Å². The Labute approximate surface area is 235 Å². The Morgan fingerprint density at radius 2 is 1.60 bits per heavy atom. The molecule has 3 aliphatic rings. The molecule has 0 radical (unpaired) electrons. The number of piperidine rings is 1. The van der Waals surface area contributed by atoms with Gasteiger partial charge in [-0.05, 0) is 92.8 Å². The molecule has 8 heteroatoms. The molecule has 40 heavy (non-hydrogen) atoms. The second-order valence-electron chi connectivity index (χ2n) is 11.1. The number of methoxy groups -OCH3 is 1. The molecule has 0 aromatic heterocycles. The van der Waals surface area contributed by atoms with Gasteiger partial charge in [0.15, 0.2) is 11.5 Å². The molecule has 2 saturated heterocycles. The quantitative estimate of drug-likeness (QED) is 0.166. The number of nitrogens with zero attached hydrogens (tertiary/aromatic N) is 1. The van der Waals surface area contributed by atoms with E-state index in [1.807, 2.05) is 0 Å². The van der Waals surface area contributed by atoms with Crippen molar-refractivity contribution in [2.24, 2.45) is 5.92 Å². The summed E-state index contributed by atoms with van der Waals surface area (Å²) in [4.78, 5) is 37.4. The summed E-state index contributed by atoms with van der Waals surface area (Å²) in [6.07, 6.45) is 9.79. The second kappa shape index (κ2) is 13.3. The van der Waals surface area contributed by atoms with Crippen molar-refractivity contribution in [1.82, 2.24) is 4.90 Å². The molecule has 3 fully saturated rings. The highest BCUT2D eigenvalue weighted by Crippen LogP contribution is 2.33. The lowest BCUT2D eigenvalue weighted by atomic mass is 9.83. The topological polar surface area (TPSA) is 91.4 Å². The first-order valence-electron chi connectivity index (χ1n) is 14.6. The van der Waals surface area contributed by atoms with Gasteiger partial charge in [-0.1, -0.05) is 43.5 Å². The number of esters is 2. The van der Waals surface area contributed by atoms with Crippen LogP contribution in [0.5, 0.6) is 11.5 Å². The van der Waals surface area contributed by atoms with E-state index in [1.165, 1.54) is 81.7 Å². The van der Waals surface area contributed by atoms with Crippen LogP contribution in [-0.2, 0) is 25.5 Å². The minimum atomic E-state index is -1.56. The molecule has 2 aliphatic heterocycles. The van der Waals surface area contributed by atoms with Crippen molar-refractivity contribution in [3.05, 3.63) is 59.2 Å². The lowest BCUT2D eigenvalue weighted by Crippen LogP contribution is -2.35. The van der Waals surface area contributed by atoms with Gasteiger partial charge < -0.3 is 23.8 Å². The molecule has 5 rings (SSSR count). The van der Waals surface area contributed by atoms with Crippen LogP contribution in [0.4, 0.5) is 0 Å². The predicted molar refractivity (Wildman–Crippen MR) is 149 cm³/mol. The third kappa shape index (κ3) is 7.02. The Balaban J connectivity index is 1.01. The van der Waals surface area contributed by atoms with Crippen molar-refractivity contribution < 1.29 is 33.3 Å². The highest BCUT2D eigenvalue weighted by atomic mass is 16.8. The molecule has 0 bridgehead atoms. The number of ether oxygens (including phenoxy) is 4. The fourth-order valence-corrected chi connectivity index (χ4v) is 6.08. The van der Waals surface area contributed by atoms with Crippen molar-refractivity contribution in [3.63, 3.8) is 0 Å². The van der Waals surface area contributed by atoms with Gasteiger partial charge in [-0.25, -0.2) is 9.59 Å². The zero-order chi connectivity index (χ0) is 27.9. The van der Waals surface area contributed by atoms with Crippen LogP contribution in [0.25, 0.3) is 0 Å². The van der Waals surface area contributed by atoms with Crippen LogP contribution >= 0.6 is 0 Å². The zero-order valence-corrected chi connectivity index (χ0v) is 23.3. The van der Waals surface area contributed by atoms with E-state index in [1.54, 1.807) is 6.07 Å². The van der Waals surface area contributed by atoms with Crippen LogP contribution in [0.1, 0.15) is 78.8 Å². The smallest absolute Gasteiger partial charge is 0.421 e. The van der Waals surface area contributed by atoms with Gasteiger partial charge in [0, 0.05) is 12.1 Å². The Morgan fingerprint density at radius 1 is 0.900 bits per heavy atom. The van der Waals surface area contributed by atoms with Crippen LogP contribution in [0.15, 0.2) is 42.5 Å². The first kappa shape index (κ1) is 28.1. The number of carbonyl (C=O) groups excluding carboxylic acids is 3. The van der Waals surface area contributed by atoms with E-state index >= 15 is 0 Å². The second-order valence-corrected chi connectivity index (χ2v) is 11.1. The number of ketones is 1. The van der Waals surface area contributed by atoms with Crippen molar-refractivity contribution in [2.75, 3.05) is 33.4 Å². The van der Waals surface area contributed by atoms with Crippen molar-refractivity contribution in [1.29, 1.82) is 0 Å². The molecule has 2 heterocycles. The van der Waals surface area contributed by atoms with Crippen molar-refractivity contribution >= 4 is 17.7 Å². The first-order chi connectivity index (χ1) is 19.5. The predicted octanol–water partition coefficient (Wildman–Crippen LogP) is 5.08. The molecule has 1 aliphatic carbocycles. The van der Waals surface area contributed by atoms with Gasteiger partial charge in [0.25, 0.3) is 0 Å². The Morgan fingerprint density at radius 3 is 2.27 bits per heavy atom. The number of carbonyl (C=O) groups is 3. The minimum Gasteiger partial charge on any atom is -0.493 e. The highest BCUT2D eigenvalue weighted by molar-refractivity contribution is 6.32. The lowest BCUT2D eigenvalue weighted by molar-refractivity contribution is -0.150. The maximum absolute atomic E-state index is 12.5. The van der Waals surface area contributed by atoms with E-state index < -0.39 is 24.0 Å². The number of Topliss-reactive ketones (excluding diaryl/α,β-unsaturated/α-hetero) is 1. The normalized spacial score (nSPS) is 19.3. The average Bonchev–Trinajstić information content (AvgIpc) is 3.34. The fourth-order valence-electron chi connectivity index (χ4n) is 6.08. The summed E-state index contributed by atoms with van der Waals surface area (Å²) >= 11 is 0. The summed E-state index contributed by atoms with van der Waals surface area (Å²) in [5.74, 6) is -0.560. The number of likely N-dealkylation sites (tertiary alicyclic amines) is 1. The van der Waals surface area contributed by atoms with E-state index in [4.69, 9.17) is 9.47 Å². The molecular weight excluding hydrogens is 510 g/mol. The molecule has 214 valence electrons. The molecule has 0 spiro atoms. The molecule has 0 amide bonds. The SMILES string of the molecule is COc1cc(C(=O)C2OC(=O)C(=O)O2)ccc1OCCCN1CCC(Cc2ccc(C3CCCCC3)cc2)CC1. The molecule has 1 saturated carbocycles. The number of hydrogen-bond donors (Lipinski definition) is 0. The summed E-state index contributed by atoms with van der Waals surface area (Å²) in [7, 11) is 1.49. The van der Waals surface area contributed by atoms with Crippen LogP contribution in [0.3, 0.4) is 0 Å². The molecule has 2 aromatic rings. The zero-order valence-electron chi connectivity index (χ0n) is 23.3. The first-order valence-corrected chi connectivity index (χ1v) is 14.6. The lowest BCUT2D eigenvalue weighted by Gasteiger charge is -2.32. The summed E-state index contributed by atoms with van der Waals surface area (Å²) in [5, 5.41) is 0. The van der Waals surface area contributed by atoms with Gasteiger partial charge in [-0.15, -0.1) is 0 Å². The van der Waals surface area contributed by atoms with Gasteiger partial charge in [-0.3, -0.25) is 4.79 Å². The van der Waals surface area contributed by atoms with Crippen molar-refractivity contribution in [2.45, 2.75) is 70.0 Å². The molecular formula is C32H39NO7. The third-order valence-corrected chi connectivity index (χ3v) is 8.42. The van der Waals surface area contributed by atoms with Crippen LogP contribution < -0.4 is 9.47 Å². The van der Waals surface area contributed by atoms with Gasteiger partial charge in [-0.2, -0.15) is 0 Å². The van der Waals surface area contributed by atoms with Gasteiger partial charge in [0.05, 0.1) is 13.7 Å². The number of rotatable bonds is 11. The molecule has 0 unspecified atom stereocenters. The number of hydrogen-bond acceptors (Lipinski definition) is 8. The van der Waals surface area contributed by atoms with Crippen LogP contribution in [-0.4, -0.2) is 62.3 Å². The van der Waals surface area contributed by atoms with Crippen LogP contribution in [0, 0.1) is 5.92 Å². The summed E-state index contributed by atoms with van der Waals surface area (Å²) in [6, 6.07) is 14.1. The van der Waals surface area contributed by atoms with Crippen LogP contribution in [0.2, 0.25) is 0 Å². The molecule has 8 nitrogen and oxygen atoms in total. The Hall–Kier alpha value is -3.39. The summed E-state index contributed by atoms with van der Waals surface area (Å²) in [6.45, 7) is 3.72. The minimum absolute atomic E-state index is 0.194. The van der Waals surface area contributed by atoms with E-state index in [0.29, 0.717) is 18.1 Å². The molecule has 0 atom stereocenters. The van der Waals surface area contributed by atoms with E-state index in [2.05, 4.69) is 38.6 Å². The maximum Gasteiger partial charge on any atom is 0.421 e. The largest absolute Gasteiger partial charge is 0.493 e. The Bertz CT molecular complexity index is 1160. The maximum atomic E-state index is 12.5.